The molecule has 5 amide bonds. The van der Waals surface area contributed by atoms with Crippen LogP contribution in [-0.2, 0) is 4.74 Å². The van der Waals surface area contributed by atoms with Crippen molar-refractivity contribution < 1.29 is 19.1 Å². The summed E-state index contributed by atoms with van der Waals surface area (Å²) < 4.78 is 5.21. The van der Waals surface area contributed by atoms with Crippen molar-refractivity contribution in [3.05, 3.63) is 0 Å². The molecule has 0 aliphatic rings. The van der Waals surface area contributed by atoms with Crippen LogP contribution < -0.4 is 37.2 Å². The lowest BCUT2D eigenvalue weighted by atomic mass is 10.2. The van der Waals surface area contributed by atoms with Crippen LogP contribution in [0, 0.1) is 0 Å². The first-order valence-corrected chi connectivity index (χ1v) is 10.8. The van der Waals surface area contributed by atoms with Gasteiger partial charge < -0.3 is 42.0 Å². The van der Waals surface area contributed by atoms with Crippen molar-refractivity contribution >= 4 is 18.2 Å². The lowest BCUT2D eigenvalue weighted by molar-refractivity contribution is 0.0508. The molecular formula is C20H43N7O4. The third-order valence-corrected chi connectivity index (χ3v) is 3.72. The number of ether oxygens (including phenoxy) is 1. The van der Waals surface area contributed by atoms with Crippen LogP contribution in [0.25, 0.3) is 0 Å². The van der Waals surface area contributed by atoms with E-state index in [1.807, 2.05) is 55.4 Å². The predicted octanol–water partition coefficient (Wildman–Crippen LogP) is 0.820. The molecule has 7 N–H and O–H groups in total. The molecular weight excluding hydrogens is 402 g/mol. The maximum absolute atomic E-state index is 12.0. The molecule has 3 atom stereocenters. The molecule has 0 saturated carbocycles. The molecule has 11 heteroatoms. The van der Waals surface area contributed by atoms with Gasteiger partial charge in [-0.1, -0.05) is 0 Å². The van der Waals surface area contributed by atoms with Crippen LogP contribution in [-0.4, -0.2) is 74.2 Å². The first kappa shape index (κ1) is 28.7. The minimum absolute atomic E-state index is 0.0395. The Bertz CT molecular complexity index is 552. The zero-order valence-corrected chi connectivity index (χ0v) is 20.3. The highest BCUT2D eigenvalue weighted by Crippen LogP contribution is 2.06. The van der Waals surface area contributed by atoms with Gasteiger partial charge in [-0.05, 0) is 55.4 Å². The van der Waals surface area contributed by atoms with E-state index in [-0.39, 0.29) is 36.2 Å². The van der Waals surface area contributed by atoms with Gasteiger partial charge in [-0.15, -0.1) is 0 Å². The average molecular weight is 446 g/mol. The molecule has 0 aromatic heterocycles. The Morgan fingerprint density at radius 3 is 1.81 bits per heavy atom. The highest BCUT2D eigenvalue weighted by Gasteiger charge is 2.17. The highest BCUT2D eigenvalue weighted by atomic mass is 16.6. The van der Waals surface area contributed by atoms with Gasteiger partial charge in [0.2, 0.25) is 0 Å². The Kier molecular flexibility index (Phi) is 13.6. The van der Waals surface area contributed by atoms with Crippen LogP contribution in [0.5, 0.6) is 0 Å². The number of carbonyl (C=O) groups is 3. The van der Waals surface area contributed by atoms with Crippen molar-refractivity contribution in [3.8, 4) is 0 Å². The van der Waals surface area contributed by atoms with E-state index < -0.39 is 11.7 Å². The van der Waals surface area contributed by atoms with Crippen molar-refractivity contribution in [3.63, 3.8) is 0 Å². The molecule has 11 nitrogen and oxygen atoms in total. The number of nitrogens with one attached hydrogen (secondary N) is 7. The van der Waals surface area contributed by atoms with Gasteiger partial charge in [0.15, 0.2) is 0 Å². The van der Waals surface area contributed by atoms with Crippen LogP contribution >= 0.6 is 0 Å². The summed E-state index contributed by atoms with van der Waals surface area (Å²) in [5.74, 6) is 0. The molecule has 0 radical (unpaired) electrons. The molecule has 0 rings (SSSR count). The summed E-state index contributed by atoms with van der Waals surface area (Å²) in [7, 11) is 0. The smallest absolute Gasteiger partial charge is 0.407 e. The van der Waals surface area contributed by atoms with Gasteiger partial charge >= 0.3 is 18.2 Å². The molecule has 0 aromatic carbocycles. The van der Waals surface area contributed by atoms with Crippen molar-refractivity contribution in [2.45, 2.75) is 85.2 Å². The Labute approximate surface area is 186 Å². The second-order valence-electron chi connectivity index (χ2n) is 9.05. The summed E-state index contributed by atoms with van der Waals surface area (Å²) in [6.45, 7) is 16.7. The van der Waals surface area contributed by atoms with Crippen molar-refractivity contribution in [1.29, 1.82) is 0 Å². The number of rotatable bonds is 12. The third-order valence-electron chi connectivity index (χ3n) is 3.72. The van der Waals surface area contributed by atoms with E-state index in [1.54, 1.807) is 0 Å². The zero-order valence-electron chi connectivity index (χ0n) is 20.3. The fraction of sp³-hybridized carbons (Fsp3) is 0.850. The number of carbonyl (C=O) groups excluding carboxylic acids is 3. The Morgan fingerprint density at radius 1 is 0.742 bits per heavy atom. The maximum atomic E-state index is 12.0. The monoisotopic (exact) mass is 445 g/mol. The molecule has 31 heavy (non-hydrogen) atoms. The first-order valence-electron chi connectivity index (χ1n) is 10.8. The van der Waals surface area contributed by atoms with Gasteiger partial charge in [0.05, 0.1) is 0 Å². The second-order valence-corrected chi connectivity index (χ2v) is 9.05. The van der Waals surface area contributed by atoms with Gasteiger partial charge in [-0.25, -0.2) is 14.4 Å². The van der Waals surface area contributed by atoms with Crippen molar-refractivity contribution in [2.24, 2.45) is 0 Å². The van der Waals surface area contributed by atoms with E-state index in [4.69, 9.17) is 4.74 Å². The van der Waals surface area contributed by atoms with Gasteiger partial charge in [-0.2, -0.15) is 0 Å². The highest BCUT2D eigenvalue weighted by molar-refractivity contribution is 5.75. The molecule has 0 unspecified atom stereocenters. The number of hydrogen-bond acceptors (Lipinski definition) is 6. The molecule has 0 heterocycles. The molecule has 182 valence electrons. The molecule has 0 aliphatic carbocycles. The van der Waals surface area contributed by atoms with Gasteiger partial charge in [0.1, 0.15) is 5.60 Å². The minimum Gasteiger partial charge on any atom is -0.444 e. The zero-order chi connectivity index (χ0) is 24.0. The Hall–Kier alpha value is -2.27. The van der Waals surface area contributed by atoms with E-state index in [0.29, 0.717) is 26.3 Å². The molecule has 0 fully saturated rings. The van der Waals surface area contributed by atoms with E-state index in [2.05, 4.69) is 37.2 Å². The summed E-state index contributed by atoms with van der Waals surface area (Å²) in [5.41, 5.74) is -0.524. The topological polar surface area (TPSA) is 145 Å². The maximum Gasteiger partial charge on any atom is 0.407 e. The van der Waals surface area contributed by atoms with Crippen LogP contribution in [0.2, 0.25) is 0 Å². The predicted molar refractivity (Wildman–Crippen MR) is 122 cm³/mol. The normalized spacial score (nSPS) is 14.2. The van der Waals surface area contributed by atoms with Crippen LogP contribution in [0.1, 0.15) is 55.4 Å². The molecule has 0 aromatic rings. The third kappa shape index (κ3) is 18.2. The fourth-order valence-corrected chi connectivity index (χ4v) is 2.30. The number of hydrogen-bond donors (Lipinski definition) is 7. The van der Waals surface area contributed by atoms with Gasteiger partial charge in [0, 0.05) is 50.5 Å². The molecule has 0 aliphatic heterocycles. The Balaban J connectivity index is 3.86. The molecule has 0 saturated heterocycles. The van der Waals surface area contributed by atoms with Crippen LogP contribution in [0.4, 0.5) is 14.4 Å². The van der Waals surface area contributed by atoms with E-state index in [1.165, 1.54) is 0 Å². The molecule has 0 spiro atoms. The quantitative estimate of drug-likeness (QED) is 0.175. The van der Waals surface area contributed by atoms with E-state index in [0.717, 1.165) is 0 Å². The van der Waals surface area contributed by atoms with Crippen molar-refractivity contribution in [1.82, 2.24) is 37.2 Å². The van der Waals surface area contributed by atoms with E-state index in [9.17, 15) is 14.4 Å². The summed E-state index contributed by atoms with van der Waals surface area (Å²) in [5, 5.41) is 20.2. The Morgan fingerprint density at radius 2 is 1.26 bits per heavy atom. The molecule has 0 bridgehead atoms. The van der Waals surface area contributed by atoms with Crippen LogP contribution in [0.15, 0.2) is 0 Å². The minimum atomic E-state index is -0.524. The lowest BCUT2D eigenvalue weighted by Crippen LogP contribution is -2.51. The fourth-order valence-electron chi connectivity index (χ4n) is 2.30. The summed E-state index contributed by atoms with van der Waals surface area (Å²) in [6.07, 6.45) is -0.441. The van der Waals surface area contributed by atoms with Crippen LogP contribution in [0.3, 0.4) is 0 Å². The summed E-state index contributed by atoms with van der Waals surface area (Å²) in [4.78, 5) is 35.2. The summed E-state index contributed by atoms with van der Waals surface area (Å²) >= 11 is 0. The standard InChI is InChI=1S/C20H43N7O4/c1-13(2)25-17(28)23-11-16(5)26-18(29)22-10-14(3)24-12-21-9-15(4)27-19(30)31-20(6,7)8/h13-16,21,24H,9-12H2,1-8H3,(H,27,30)(H2,22,26,29)(H2,23,25,28)/t14-,15-,16-/m0/s1. The largest absolute Gasteiger partial charge is 0.444 e. The summed E-state index contributed by atoms with van der Waals surface area (Å²) in [6, 6.07) is -0.757. The second kappa shape index (κ2) is 14.7. The van der Waals surface area contributed by atoms with E-state index >= 15 is 0 Å². The SMILES string of the molecule is CC(C)NC(=O)NC[C@H](C)NC(=O)NC[C@H](C)NCNC[C@H](C)NC(=O)OC(C)(C)C. The lowest BCUT2D eigenvalue weighted by Gasteiger charge is -2.22. The van der Waals surface area contributed by atoms with Gasteiger partial charge in [0.25, 0.3) is 0 Å². The number of amides is 5. The van der Waals surface area contributed by atoms with Crippen molar-refractivity contribution in [2.75, 3.05) is 26.3 Å². The number of urea groups is 2. The average Bonchev–Trinajstić information content (AvgIpc) is 2.59. The van der Waals surface area contributed by atoms with Gasteiger partial charge in [-0.3, -0.25) is 0 Å². The first-order chi connectivity index (χ1) is 14.3. The number of alkyl carbamates (subject to hydrolysis) is 1.